The Bertz CT molecular complexity index is 1260. The smallest absolute Gasteiger partial charge is 0.455 e. The lowest BCUT2D eigenvalue weighted by molar-refractivity contribution is -0.278. The van der Waals surface area contributed by atoms with Gasteiger partial charge in [-0.2, -0.15) is 22.0 Å². The number of alkyl halides is 5. The molecular weight excluding hydrogens is 564 g/mol. The number of carbonyl (C=O) groups excluding carboxylic acids is 3. The van der Waals surface area contributed by atoms with Crippen LogP contribution in [0.25, 0.3) is 0 Å². The summed E-state index contributed by atoms with van der Waals surface area (Å²) in [6.07, 6.45) is -7.16. The van der Waals surface area contributed by atoms with Gasteiger partial charge in [-0.1, -0.05) is 30.3 Å². The molecule has 0 saturated carbocycles. The summed E-state index contributed by atoms with van der Waals surface area (Å²) in [5, 5.41) is 13.7. The van der Waals surface area contributed by atoms with Crippen molar-refractivity contribution in [1.29, 1.82) is 0 Å². The summed E-state index contributed by atoms with van der Waals surface area (Å²) in [5.41, 5.74) is -2.33. The third-order valence-electron chi connectivity index (χ3n) is 6.15. The fraction of sp³-hybridized carbons (Fsp3) is 0.423. The van der Waals surface area contributed by atoms with Gasteiger partial charge >= 0.3 is 12.1 Å². The van der Waals surface area contributed by atoms with Gasteiger partial charge in [0.15, 0.2) is 0 Å². The summed E-state index contributed by atoms with van der Waals surface area (Å²) < 4.78 is 89.1. The highest BCUT2D eigenvalue weighted by molar-refractivity contribution is 6.10. The SMILES string of the molecule is C[C@H]1Oc2ccc(F)cc2N(CCOCc2ccccc2)C(=O)[C@H]1NC(=O)[C@@](C)(O)C(=O)NCC(F)(F)C(F)(F)F. The van der Waals surface area contributed by atoms with Gasteiger partial charge in [-0.25, -0.2) is 4.39 Å². The molecule has 0 fully saturated rings. The van der Waals surface area contributed by atoms with Gasteiger partial charge in [0.1, 0.15) is 23.7 Å². The summed E-state index contributed by atoms with van der Waals surface area (Å²) >= 11 is 0. The minimum absolute atomic E-state index is 0.000737. The molecule has 3 N–H and O–H groups in total. The van der Waals surface area contributed by atoms with Gasteiger partial charge in [0.05, 0.1) is 25.4 Å². The van der Waals surface area contributed by atoms with E-state index in [0.29, 0.717) is 6.92 Å². The molecule has 0 aromatic heterocycles. The van der Waals surface area contributed by atoms with Crippen molar-refractivity contribution < 1.29 is 55.3 Å². The maximum Gasteiger partial charge on any atom is 0.455 e. The predicted molar refractivity (Wildman–Crippen MR) is 132 cm³/mol. The summed E-state index contributed by atoms with van der Waals surface area (Å²) in [5.74, 6) is -10.3. The molecule has 0 saturated heterocycles. The zero-order chi connectivity index (χ0) is 30.6. The van der Waals surface area contributed by atoms with Crippen molar-refractivity contribution in [3.63, 3.8) is 0 Å². The molecule has 2 aromatic carbocycles. The van der Waals surface area contributed by atoms with E-state index < -0.39 is 59.9 Å². The van der Waals surface area contributed by atoms with Crippen LogP contribution in [0.4, 0.5) is 32.0 Å². The number of nitrogens with zero attached hydrogens (tertiary/aromatic N) is 1. The summed E-state index contributed by atoms with van der Waals surface area (Å²) in [4.78, 5) is 39.6. The van der Waals surface area contributed by atoms with Gasteiger partial charge in [0.25, 0.3) is 17.7 Å². The van der Waals surface area contributed by atoms with Crippen LogP contribution in [0.15, 0.2) is 48.5 Å². The first-order chi connectivity index (χ1) is 19.0. The Morgan fingerprint density at radius 3 is 2.37 bits per heavy atom. The molecule has 3 rings (SSSR count). The third kappa shape index (κ3) is 7.47. The highest BCUT2D eigenvalue weighted by Gasteiger charge is 2.58. The molecule has 0 spiro atoms. The Morgan fingerprint density at radius 1 is 1.07 bits per heavy atom. The van der Waals surface area contributed by atoms with E-state index in [1.165, 1.54) is 18.3 Å². The molecule has 3 amide bonds. The molecule has 0 bridgehead atoms. The van der Waals surface area contributed by atoms with Crippen molar-refractivity contribution >= 4 is 23.4 Å². The van der Waals surface area contributed by atoms with E-state index in [2.05, 4.69) is 5.32 Å². The zero-order valence-corrected chi connectivity index (χ0v) is 21.8. The molecule has 1 aliphatic heterocycles. The third-order valence-corrected chi connectivity index (χ3v) is 6.15. The largest absolute Gasteiger partial charge is 0.486 e. The van der Waals surface area contributed by atoms with E-state index in [4.69, 9.17) is 9.47 Å². The molecule has 1 aliphatic rings. The Kier molecular flexibility index (Phi) is 9.54. The molecule has 0 unspecified atom stereocenters. The predicted octanol–water partition coefficient (Wildman–Crippen LogP) is 2.71. The van der Waals surface area contributed by atoms with Crippen LogP contribution in [0.2, 0.25) is 0 Å². The highest BCUT2D eigenvalue weighted by atomic mass is 19.4. The molecule has 2 aromatic rings. The molecular formula is C26H27F6N3O6. The molecule has 3 atom stereocenters. The summed E-state index contributed by atoms with van der Waals surface area (Å²) in [6, 6.07) is 10.8. The van der Waals surface area contributed by atoms with Gasteiger partial charge in [-0.05, 0) is 31.5 Å². The molecule has 0 aliphatic carbocycles. The zero-order valence-electron chi connectivity index (χ0n) is 21.8. The van der Waals surface area contributed by atoms with Crippen molar-refractivity contribution in [2.75, 3.05) is 24.6 Å². The van der Waals surface area contributed by atoms with Crippen molar-refractivity contribution in [2.45, 2.75) is 50.3 Å². The van der Waals surface area contributed by atoms with Crippen LogP contribution < -0.4 is 20.3 Å². The monoisotopic (exact) mass is 591 g/mol. The van der Waals surface area contributed by atoms with Crippen molar-refractivity contribution in [3.05, 3.63) is 59.9 Å². The Morgan fingerprint density at radius 2 is 1.73 bits per heavy atom. The molecule has 0 radical (unpaired) electrons. The van der Waals surface area contributed by atoms with Crippen LogP contribution in [0, 0.1) is 5.82 Å². The lowest BCUT2D eigenvalue weighted by Crippen LogP contribution is -2.63. The fourth-order valence-corrected chi connectivity index (χ4v) is 3.74. The number of nitrogens with one attached hydrogen (secondary N) is 2. The standard InChI is InChI=1S/C26H27F6N3O6/c1-15-20(34-23(38)24(2,39)22(37)33-14-25(28,29)26(30,31)32)21(36)35(18-12-17(27)8-9-19(18)41-15)10-11-40-13-16-6-4-3-5-7-16/h3-9,12,15,20,39H,10-11,13-14H2,1-2H3,(H,33,37)(H,34,38)/t15-,20+,24+/m1/s1. The highest BCUT2D eigenvalue weighted by Crippen LogP contribution is 2.35. The van der Waals surface area contributed by atoms with Gasteiger partial charge in [-0.3, -0.25) is 14.4 Å². The van der Waals surface area contributed by atoms with Crippen molar-refractivity contribution in [1.82, 2.24) is 10.6 Å². The number of rotatable bonds is 10. The number of hydrogen-bond acceptors (Lipinski definition) is 6. The molecule has 41 heavy (non-hydrogen) atoms. The van der Waals surface area contributed by atoms with Crippen LogP contribution in [0.3, 0.4) is 0 Å². The minimum Gasteiger partial charge on any atom is -0.486 e. The van der Waals surface area contributed by atoms with Crippen molar-refractivity contribution in [3.8, 4) is 5.75 Å². The average molecular weight is 592 g/mol. The average Bonchev–Trinajstić information content (AvgIpc) is 2.99. The quantitative estimate of drug-likeness (QED) is 0.222. The number of benzene rings is 2. The molecule has 9 nitrogen and oxygen atoms in total. The first kappa shape index (κ1) is 31.7. The summed E-state index contributed by atoms with van der Waals surface area (Å²) in [7, 11) is 0. The number of hydrogen-bond donors (Lipinski definition) is 3. The fourth-order valence-electron chi connectivity index (χ4n) is 3.74. The minimum atomic E-state index is -5.99. The number of amides is 3. The molecule has 1 heterocycles. The number of ether oxygens (including phenoxy) is 2. The normalized spacial score (nSPS) is 19.0. The Labute approximate surface area is 230 Å². The van der Waals surface area contributed by atoms with Crippen LogP contribution in [0.5, 0.6) is 5.75 Å². The van der Waals surface area contributed by atoms with Crippen LogP contribution in [-0.4, -0.2) is 72.4 Å². The van der Waals surface area contributed by atoms with E-state index >= 15 is 0 Å². The van der Waals surface area contributed by atoms with E-state index in [1.807, 2.05) is 18.2 Å². The second-order valence-corrected chi connectivity index (χ2v) is 9.37. The molecule has 15 heteroatoms. The molecule has 224 valence electrons. The first-order valence-electron chi connectivity index (χ1n) is 12.2. The Hall–Kier alpha value is -3.85. The van der Waals surface area contributed by atoms with E-state index in [-0.39, 0.29) is 31.2 Å². The second kappa shape index (κ2) is 12.3. The van der Waals surface area contributed by atoms with Crippen molar-refractivity contribution in [2.24, 2.45) is 0 Å². The van der Waals surface area contributed by atoms with Gasteiger partial charge in [0.2, 0.25) is 5.60 Å². The summed E-state index contributed by atoms with van der Waals surface area (Å²) in [6.45, 7) is -0.331. The van der Waals surface area contributed by atoms with Gasteiger partial charge in [-0.15, -0.1) is 0 Å². The number of carbonyl (C=O) groups is 3. The van der Waals surface area contributed by atoms with Crippen LogP contribution >= 0.6 is 0 Å². The van der Waals surface area contributed by atoms with Crippen LogP contribution in [0.1, 0.15) is 19.4 Å². The lowest BCUT2D eigenvalue weighted by atomic mass is 10.0. The lowest BCUT2D eigenvalue weighted by Gasteiger charge is -2.29. The number of halogens is 6. The van der Waals surface area contributed by atoms with Crippen LogP contribution in [-0.2, 0) is 25.7 Å². The second-order valence-electron chi connectivity index (χ2n) is 9.37. The topological polar surface area (TPSA) is 117 Å². The number of aliphatic hydroxyl groups is 1. The first-order valence-corrected chi connectivity index (χ1v) is 12.2. The maximum atomic E-state index is 14.1. The number of anilines is 1. The Balaban J connectivity index is 1.76. The van der Waals surface area contributed by atoms with Gasteiger partial charge < -0.3 is 30.1 Å². The van der Waals surface area contributed by atoms with E-state index in [9.17, 15) is 45.8 Å². The maximum absolute atomic E-state index is 14.1. The number of fused-ring (bicyclic) bond motifs is 1. The van der Waals surface area contributed by atoms with E-state index in [1.54, 1.807) is 12.1 Å². The van der Waals surface area contributed by atoms with E-state index in [0.717, 1.165) is 22.6 Å². The van der Waals surface area contributed by atoms with Gasteiger partial charge in [0, 0.05) is 12.6 Å².